The highest BCUT2D eigenvalue weighted by atomic mass is 79.9. The number of carbonyl (C=O) groups is 1. The van der Waals surface area contributed by atoms with Crippen LogP contribution in [0.25, 0.3) is 17.4 Å². The Labute approximate surface area is 194 Å². The SMILES string of the molecule is CC1=NN(c2ccc(Cl)c(Cl)c2)C(=O)/C1=C/c1ccc(-c2ccc([N+](=O)[O-])cc2Br)o1. The molecule has 31 heavy (non-hydrogen) atoms. The van der Waals surface area contributed by atoms with Crippen LogP contribution in [-0.2, 0) is 4.79 Å². The van der Waals surface area contributed by atoms with Crippen LogP contribution in [0.2, 0.25) is 10.0 Å². The summed E-state index contributed by atoms with van der Waals surface area (Å²) in [5.74, 6) is 0.606. The standard InChI is InChI=1S/C21H12BrCl2N3O4/c1-11-16(21(28)26(25-11)12-3-6-18(23)19(24)9-12)10-14-4-7-20(31-14)15-5-2-13(27(29)30)8-17(15)22/h2-10H,1H3/b16-10+. The molecule has 0 fully saturated rings. The van der Waals surface area contributed by atoms with Crippen molar-refractivity contribution in [2.45, 2.75) is 6.92 Å². The van der Waals surface area contributed by atoms with E-state index in [-0.39, 0.29) is 11.6 Å². The second-order valence-corrected chi connectivity index (χ2v) is 8.25. The molecule has 1 aliphatic heterocycles. The Morgan fingerprint density at radius 3 is 2.58 bits per heavy atom. The lowest BCUT2D eigenvalue weighted by atomic mass is 10.1. The van der Waals surface area contributed by atoms with Crippen molar-refractivity contribution in [1.82, 2.24) is 0 Å². The monoisotopic (exact) mass is 519 g/mol. The van der Waals surface area contributed by atoms with Gasteiger partial charge in [0.25, 0.3) is 11.6 Å². The fourth-order valence-corrected chi connectivity index (χ4v) is 3.87. The Kier molecular flexibility index (Phi) is 5.70. The number of halogens is 3. The fraction of sp³-hybridized carbons (Fsp3) is 0.0476. The smallest absolute Gasteiger partial charge is 0.280 e. The van der Waals surface area contributed by atoms with Gasteiger partial charge < -0.3 is 4.42 Å². The molecule has 2 aromatic carbocycles. The van der Waals surface area contributed by atoms with E-state index in [9.17, 15) is 14.9 Å². The first kappa shape index (κ1) is 21.3. The molecule has 0 radical (unpaired) electrons. The summed E-state index contributed by atoms with van der Waals surface area (Å²) in [5, 5.41) is 17.2. The third-order valence-electron chi connectivity index (χ3n) is 4.55. The van der Waals surface area contributed by atoms with E-state index in [1.165, 1.54) is 17.1 Å². The molecule has 156 valence electrons. The predicted molar refractivity (Wildman–Crippen MR) is 124 cm³/mol. The van der Waals surface area contributed by atoms with Crippen molar-refractivity contribution >= 4 is 68.2 Å². The van der Waals surface area contributed by atoms with E-state index < -0.39 is 4.92 Å². The lowest BCUT2D eigenvalue weighted by Gasteiger charge is -2.12. The van der Waals surface area contributed by atoms with Crippen molar-refractivity contribution in [3.05, 3.63) is 84.5 Å². The average Bonchev–Trinajstić information content (AvgIpc) is 3.30. The van der Waals surface area contributed by atoms with Crippen molar-refractivity contribution in [3.8, 4) is 11.3 Å². The third kappa shape index (κ3) is 4.14. The molecule has 0 spiro atoms. The second kappa shape index (κ2) is 8.30. The van der Waals surface area contributed by atoms with Gasteiger partial charge in [0.05, 0.1) is 31.9 Å². The van der Waals surface area contributed by atoms with Gasteiger partial charge in [0, 0.05) is 22.2 Å². The van der Waals surface area contributed by atoms with E-state index in [4.69, 9.17) is 27.6 Å². The maximum absolute atomic E-state index is 12.9. The fourth-order valence-electron chi connectivity index (χ4n) is 3.01. The average molecular weight is 521 g/mol. The maximum atomic E-state index is 12.9. The summed E-state index contributed by atoms with van der Waals surface area (Å²) in [6.45, 7) is 1.72. The molecule has 0 unspecified atom stereocenters. The van der Waals surface area contributed by atoms with E-state index in [0.717, 1.165) is 0 Å². The minimum Gasteiger partial charge on any atom is -0.457 e. The minimum atomic E-state index is -0.472. The van der Waals surface area contributed by atoms with E-state index in [2.05, 4.69) is 21.0 Å². The summed E-state index contributed by atoms with van der Waals surface area (Å²) < 4.78 is 6.37. The zero-order chi connectivity index (χ0) is 22.3. The Morgan fingerprint density at radius 2 is 1.90 bits per heavy atom. The van der Waals surface area contributed by atoms with E-state index >= 15 is 0 Å². The molecule has 2 heterocycles. The molecule has 10 heteroatoms. The zero-order valence-electron chi connectivity index (χ0n) is 15.8. The number of hydrogen-bond donors (Lipinski definition) is 0. The number of anilines is 1. The number of benzene rings is 2. The van der Waals surface area contributed by atoms with Crippen LogP contribution in [0.1, 0.15) is 12.7 Å². The van der Waals surface area contributed by atoms with Crippen LogP contribution < -0.4 is 5.01 Å². The number of furan rings is 1. The van der Waals surface area contributed by atoms with Crippen LogP contribution in [-0.4, -0.2) is 16.5 Å². The Balaban J connectivity index is 1.62. The van der Waals surface area contributed by atoms with Crippen LogP contribution in [0, 0.1) is 10.1 Å². The molecule has 0 saturated carbocycles. The Morgan fingerprint density at radius 1 is 1.13 bits per heavy atom. The van der Waals surface area contributed by atoms with Crippen LogP contribution in [0.4, 0.5) is 11.4 Å². The summed E-state index contributed by atoms with van der Waals surface area (Å²) in [7, 11) is 0. The summed E-state index contributed by atoms with van der Waals surface area (Å²) in [6.07, 6.45) is 1.60. The first-order chi connectivity index (χ1) is 14.7. The highest BCUT2D eigenvalue weighted by Crippen LogP contribution is 2.34. The van der Waals surface area contributed by atoms with Gasteiger partial charge in [-0.1, -0.05) is 23.2 Å². The molecule has 0 atom stereocenters. The highest BCUT2D eigenvalue weighted by Gasteiger charge is 2.29. The number of rotatable bonds is 4. The van der Waals surface area contributed by atoms with Gasteiger partial charge in [-0.05, 0) is 65.3 Å². The summed E-state index contributed by atoms with van der Waals surface area (Å²) in [6, 6.07) is 12.6. The number of hydrogen-bond acceptors (Lipinski definition) is 5. The lowest BCUT2D eigenvalue weighted by molar-refractivity contribution is -0.384. The van der Waals surface area contributed by atoms with Crippen molar-refractivity contribution < 1.29 is 14.1 Å². The first-order valence-electron chi connectivity index (χ1n) is 8.85. The summed E-state index contributed by atoms with van der Waals surface area (Å²) in [4.78, 5) is 23.3. The molecule has 0 N–H and O–H groups in total. The Hall–Kier alpha value is -2.94. The molecule has 0 bridgehead atoms. The van der Waals surface area contributed by atoms with Gasteiger partial charge in [0.2, 0.25) is 0 Å². The van der Waals surface area contributed by atoms with Gasteiger partial charge in [-0.25, -0.2) is 0 Å². The van der Waals surface area contributed by atoms with Gasteiger partial charge in [-0.3, -0.25) is 14.9 Å². The van der Waals surface area contributed by atoms with E-state index in [0.29, 0.717) is 48.6 Å². The molecule has 3 aromatic rings. The van der Waals surface area contributed by atoms with Gasteiger partial charge >= 0.3 is 0 Å². The third-order valence-corrected chi connectivity index (χ3v) is 5.95. The zero-order valence-corrected chi connectivity index (χ0v) is 18.9. The number of amides is 1. The van der Waals surface area contributed by atoms with Gasteiger partial charge in [0.1, 0.15) is 11.5 Å². The van der Waals surface area contributed by atoms with Gasteiger partial charge in [-0.15, -0.1) is 0 Å². The summed E-state index contributed by atoms with van der Waals surface area (Å²) >= 11 is 15.3. The minimum absolute atomic E-state index is 0.0321. The van der Waals surface area contributed by atoms with Crippen molar-refractivity contribution in [2.24, 2.45) is 5.10 Å². The van der Waals surface area contributed by atoms with Crippen LogP contribution in [0.3, 0.4) is 0 Å². The molecular weight excluding hydrogens is 509 g/mol. The van der Waals surface area contributed by atoms with Crippen LogP contribution in [0.5, 0.6) is 0 Å². The predicted octanol–water partition coefficient (Wildman–Crippen LogP) is 6.73. The normalized spacial score (nSPS) is 15.0. The number of nitro groups is 1. The lowest BCUT2D eigenvalue weighted by Crippen LogP contribution is -2.21. The molecule has 0 saturated heterocycles. The second-order valence-electron chi connectivity index (χ2n) is 6.58. The molecule has 1 aromatic heterocycles. The topological polar surface area (TPSA) is 89.0 Å². The molecule has 4 rings (SSSR count). The molecule has 1 aliphatic rings. The summed E-state index contributed by atoms with van der Waals surface area (Å²) in [5.41, 5.74) is 2.00. The first-order valence-corrected chi connectivity index (χ1v) is 10.4. The largest absolute Gasteiger partial charge is 0.457 e. The number of non-ortho nitro benzene ring substituents is 1. The van der Waals surface area contributed by atoms with Crippen LogP contribution >= 0.6 is 39.1 Å². The van der Waals surface area contributed by atoms with Crippen LogP contribution in [0.15, 0.2) is 68.1 Å². The Bertz CT molecular complexity index is 1300. The quantitative estimate of drug-likeness (QED) is 0.216. The number of carbonyl (C=O) groups excluding carboxylic acids is 1. The van der Waals surface area contributed by atoms with Crippen molar-refractivity contribution in [2.75, 3.05) is 5.01 Å². The molecular formula is C21H12BrCl2N3O4. The molecule has 7 nitrogen and oxygen atoms in total. The number of hydrazone groups is 1. The number of nitrogens with zero attached hydrogens (tertiary/aromatic N) is 3. The number of nitro benzene ring substituents is 1. The maximum Gasteiger partial charge on any atom is 0.280 e. The van der Waals surface area contributed by atoms with E-state index in [1.54, 1.807) is 49.4 Å². The van der Waals surface area contributed by atoms with E-state index in [1.807, 2.05) is 0 Å². The van der Waals surface area contributed by atoms with Crippen molar-refractivity contribution in [1.29, 1.82) is 0 Å². The molecule has 0 aliphatic carbocycles. The molecule has 1 amide bonds. The van der Waals surface area contributed by atoms with Gasteiger partial charge in [-0.2, -0.15) is 10.1 Å². The highest BCUT2D eigenvalue weighted by molar-refractivity contribution is 9.10. The van der Waals surface area contributed by atoms with Crippen molar-refractivity contribution in [3.63, 3.8) is 0 Å². The van der Waals surface area contributed by atoms with Gasteiger partial charge in [0.15, 0.2) is 0 Å².